The summed E-state index contributed by atoms with van der Waals surface area (Å²) in [7, 11) is -1.55. The van der Waals surface area contributed by atoms with Gasteiger partial charge in [-0.3, -0.25) is 0 Å². The standard InChI is InChI=1S/C14H37N3Si2/c1-11(2,3)16-18-13(6,7)12(4,5)17-19(10)14(8,9)15/h16-17,19H,15,18H2,1-10H3. The molecule has 0 rings (SSSR count). The summed E-state index contributed by atoms with van der Waals surface area (Å²) < 4.78 is 0. The lowest BCUT2D eigenvalue weighted by Crippen LogP contribution is -2.65. The molecule has 0 saturated heterocycles. The van der Waals surface area contributed by atoms with Gasteiger partial charge in [0.25, 0.3) is 0 Å². The average molecular weight is 304 g/mol. The largest absolute Gasteiger partial charge is 0.337 e. The van der Waals surface area contributed by atoms with Crippen LogP contribution < -0.4 is 15.7 Å². The van der Waals surface area contributed by atoms with E-state index in [1.54, 1.807) is 0 Å². The molecule has 0 spiro atoms. The van der Waals surface area contributed by atoms with Gasteiger partial charge in [-0.1, -0.05) is 20.4 Å². The predicted octanol–water partition coefficient (Wildman–Crippen LogP) is 1.66. The second-order valence-corrected chi connectivity index (χ2v) is 14.5. The molecule has 0 aliphatic heterocycles. The van der Waals surface area contributed by atoms with Crippen LogP contribution in [0.4, 0.5) is 0 Å². The monoisotopic (exact) mass is 303 g/mol. The summed E-state index contributed by atoms with van der Waals surface area (Å²) in [6.45, 7) is 22.8. The number of nitrogens with two attached hydrogens (primary N) is 1. The molecule has 1 atom stereocenters. The summed E-state index contributed by atoms with van der Waals surface area (Å²) in [4.78, 5) is 7.64. The van der Waals surface area contributed by atoms with E-state index in [2.05, 4.69) is 78.8 Å². The van der Waals surface area contributed by atoms with Crippen LogP contribution in [0.5, 0.6) is 0 Å². The Balaban J connectivity index is 4.78. The molecule has 0 heterocycles. The maximum atomic E-state index is 6.27. The van der Waals surface area contributed by atoms with Gasteiger partial charge in [0.2, 0.25) is 0 Å². The summed E-state index contributed by atoms with van der Waals surface area (Å²) in [5.74, 6) is 0. The van der Waals surface area contributed by atoms with Gasteiger partial charge < -0.3 is 15.7 Å². The first-order valence-corrected chi connectivity index (χ1v) is 11.1. The molecule has 0 radical (unpaired) electrons. The van der Waals surface area contributed by atoms with Crippen LogP contribution in [0.1, 0.15) is 62.3 Å². The van der Waals surface area contributed by atoms with Crippen LogP contribution in [0.2, 0.25) is 11.6 Å². The minimum absolute atomic E-state index is 0.0631. The van der Waals surface area contributed by atoms with Crippen LogP contribution in [-0.2, 0) is 0 Å². The molecule has 116 valence electrons. The molecule has 0 bridgehead atoms. The van der Waals surface area contributed by atoms with Crippen molar-refractivity contribution in [3.63, 3.8) is 0 Å². The zero-order valence-corrected chi connectivity index (χ0v) is 17.4. The van der Waals surface area contributed by atoms with E-state index < -0.39 is 8.96 Å². The summed E-state index contributed by atoms with van der Waals surface area (Å²) in [5.41, 5.74) is 6.61. The van der Waals surface area contributed by atoms with Crippen LogP contribution >= 0.6 is 0 Å². The van der Waals surface area contributed by atoms with Crippen molar-refractivity contribution < 1.29 is 0 Å². The highest BCUT2D eigenvalue weighted by Crippen LogP contribution is 2.37. The zero-order valence-electron chi connectivity index (χ0n) is 14.9. The summed E-state index contributed by atoms with van der Waals surface area (Å²) >= 11 is 0. The van der Waals surface area contributed by atoms with E-state index in [-0.39, 0.29) is 25.9 Å². The molecule has 0 aliphatic carbocycles. The highest BCUT2D eigenvalue weighted by Gasteiger charge is 2.40. The van der Waals surface area contributed by atoms with Crippen molar-refractivity contribution in [2.24, 2.45) is 5.73 Å². The molecule has 0 aliphatic rings. The topological polar surface area (TPSA) is 50.1 Å². The Morgan fingerprint density at radius 2 is 1.32 bits per heavy atom. The number of hydrogen-bond donors (Lipinski definition) is 3. The van der Waals surface area contributed by atoms with Crippen LogP contribution in [0.15, 0.2) is 0 Å². The van der Waals surface area contributed by atoms with Gasteiger partial charge >= 0.3 is 0 Å². The smallest absolute Gasteiger partial charge is 0.125 e. The lowest BCUT2D eigenvalue weighted by atomic mass is 9.91. The van der Waals surface area contributed by atoms with Crippen molar-refractivity contribution in [3.8, 4) is 0 Å². The van der Waals surface area contributed by atoms with Crippen LogP contribution in [0.25, 0.3) is 0 Å². The Morgan fingerprint density at radius 1 is 0.895 bits per heavy atom. The Morgan fingerprint density at radius 3 is 1.63 bits per heavy atom. The minimum atomic E-state index is -1.16. The van der Waals surface area contributed by atoms with Gasteiger partial charge in [-0.05, 0) is 53.5 Å². The second kappa shape index (κ2) is 5.97. The van der Waals surface area contributed by atoms with Crippen molar-refractivity contribution in [1.82, 2.24) is 9.96 Å². The Hall–Kier alpha value is 0.314. The Kier molecular flexibility index (Phi) is 6.07. The van der Waals surface area contributed by atoms with Crippen LogP contribution in [0.3, 0.4) is 0 Å². The van der Waals surface area contributed by atoms with Gasteiger partial charge in [-0.2, -0.15) is 0 Å². The molecule has 19 heavy (non-hydrogen) atoms. The highest BCUT2D eigenvalue weighted by molar-refractivity contribution is 6.58. The van der Waals surface area contributed by atoms with E-state index in [9.17, 15) is 0 Å². The number of nitrogens with one attached hydrogen (secondary N) is 2. The lowest BCUT2D eigenvalue weighted by molar-refractivity contribution is 0.339. The molecular formula is C14H37N3Si2. The van der Waals surface area contributed by atoms with Crippen LogP contribution in [0, 0.1) is 0 Å². The SMILES string of the molecule is C[SiH](NC(C)(C)C(C)(C)[SiH2]NC(C)(C)C)C(C)(C)N. The van der Waals surface area contributed by atoms with Gasteiger partial charge in [0.15, 0.2) is 0 Å². The molecule has 3 nitrogen and oxygen atoms in total. The molecule has 0 aromatic heterocycles. The van der Waals surface area contributed by atoms with E-state index in [1.165, 1.54) is 0 Å². The summed E-state index contributed by atoms with van der Waals surface area (Å²) in [6, 6.07) is 0. The van der Waals surface area contributed by atoms with Gasteiger partial charge in [-0.25, -0.2) is 0 Å². The molecule has 5 heteroatoms. The molecule has 4 N–H and O–H groups in total. The average Bonchev–Trinajstić information content (AvgIpc) is 2.11. The first kappa shape index (κ1) is 19.3. The molecule has 0 amide bonds. The molecular weight excluding hydrogens is 266 g/mol. The van der Waals surface area contributed by atoms with Gasteiger partial charge in [0, 0.05) is 16.2 Å². The van der Waals surface area contributed by atoms with Crippen molar-refractivity contribution in [3.05, 3.63) is 0 Å². The minimum Gasteiger partial charge on any atom is -0.337 e. The maximum absolute atomic E-state index is 6.27. The maximum Gasteiger partial charge on any atom is 0.125 e. The fraction of sp³-hybridized carbons (Fsp3) is 1.00. The normalized spacial score (nSPS) is 17.2. The van der Waals surface area contributed by atoms with Gasteiger partial charge in [-0.15, -0.1) is 0 Å². The molecule has 0 aromatic carbocycles. The second-order valence-electron chi connectivity index (χ2n) is 8.80. The van der Waals surface area contributed by atoms with Gasteiger partial charge in [0.1, 0.15) is 8.96 Å². The van der Waals surface area contributed by atoms with Crippen molar-refractivity contribution in [2.45, 2.75) is 90.1 Å². The zero-order chi connectivity index (χ0) is 15.7. The van der Waals surface area contributed by atoms with E-state index >= 15 is 0 Å². The van der Waals surface area contributed by atoms with E-state index in [1.807, 2.05) is 0 Å². The highest BCUT2D eigenvalue weighted by atomic mass is 28.3. The Labute approximate surface area is 125 Å². The quantitative estimate of drug-likeness (QED) is 0.654. The summed E-state index contributed by atoms with van der Waals surface area (Å²) in [5, 5.41) is 0.235. The predicted molar refractivity (Wildman–Crippen MR) is 94.0 cm³/mol. The number of rotatable bonds is 6. The van der Waals surface area contributed by atoms with Crippen molar-refractivity contribution >= 4 is 18.6 Å². The lowest BCUT2D eigenvalue weighted by Gasteiger charge is -2.47. The first-order chi connectivity index (χ1) is 8.08. The molecule has 0 aromatic rings. The number of hydrogen-bond acceptors (Lipinski definition) is 3. The van der Waals surface area contributed by atoms with E-state index in [0.29, 0.717) is 5.04 Å². The Bertz CT molecular complexity index is 288. The first-order valence-electron chi connectivity index (χ1n) is 7.40. The summed E-state index contributed by atoms with van der Waals surface area (Å²) in [6.07, 6.45) is 0. The van der Waals surface area contributed by atoms with E-state index in [4.69, 9.17) is 5.73 Å². The van der Waals surface area contributed by atoms with E-state index in [0.717, 1.165) is 0 Å². The third-order valence-corrected chi connectivity index (χ3v) is 10.8. The third kappa shape index (κ3) is 6.53. The molecule has 1 unspecified atom stereocenters. The molecule has 0 saturated carbocycles. The fourth-order valence-electron chi connectivity index (χ4n) is 1.63. The van der Waals surface area contributed by atoms with Gasteiger partial charge in [0.05, 0.1) is 9.68 Å². The third-order valence-electron chi connectivity index (χ3n) is 4.45. The fourth-order valence-corrected chi connectivity index (χ4v) is 5.20. The van der Waals surface area contributed by atoms with Crippen LogP contribution in [-0.4, -0.2) is 34.9 Å². The van der Waals surface area contributed by atoms with Crippen molar-refractivity contribution in [2.75, 3.05) is 0 Å². The van der Waals surface area contributed by atoms with Crippen molar-refractivity contribution in [1.29, 1.82) is 0 Å². The molecule has 0 fully saturated rings.